The van der Waals surface area contributed by atoms with Gasteiger partial charge in [0, 0.05) is 33.5 Å². The summed E-state index contributed by atoms with van der Waals surface area (Å²) >= 11 is 0. The molecule has 0 saturated heterocycles. The molecule has 2 nitrogen and oxygen atoms in total. The largest absolute Gasteiger partial charge is 0.456 e. The van der Waals surface area contributed by atoms with Crippen molar-refractivity contribution >= 4 is 60.5 Å². The van der Waals surface area contributed by atoms with Crippen LogP contribution in [-0.4, -0.2) is 0 Å². The zero-order valence-corrected chi connectivity index (χ0v) is 41.1. The Labute approximate surface area is 421 Å². The van der Waals surface area contributed by atoms with Gasteiger partial charge in [0.15, 0.2) is 0 Å². The van der Waals surface area contributed by atoms with Crippen LogP contribution >= 0.6 is 0 Å². The Hall–Kier alpha value is -8.46. The smallest absolute Gasteiger partial charge is 0.137 e. The monoisotopic (exact) mass is 923 g/mol. The second kappa shape index (κ2) is 15.8. The van der Waals surface area contributed by atoms with Crippen molar-refractivity contribution in [3.05, 3.63) is 270 Å². The highest BCUT2D eigenvalue weighted by molar-refractivity contribution is 6.09. The molecule has 0 unspecified atom stereocenters. The van der Waals surface area contributed by atoms with Gasteiger partial charge < -0.3 is 9.32 Å². The summed E-state index contributed by atoms with van der Waals surface area (Å²) in [6, 6.07) is 88.2. The topological polar surface area (TPSA) is 16.4 Å². The van der Waals surface area contributed by atoms with Gasteiger partial charge >= 0.3 is 0 Å². The number of nitrogens with zero attached hydrogens (tertiary/aromatic N) is 1. The van der Waals surface area contributed by atoms with E-state index >= 15 is 0 Å². The number of benzene rings is 11. The molecule has 11 aromatic carbocycles. The van der Waals surface area contributed by atoms with Crippen LogP contribution in [0.5, 0.6) is 0 Å². The van der Waals surface area contributed by atoms with E-state index in [-0.39, 0.29) is 10.8 Å². The summed E-state index contributed by atoms with van der Waals surface area (Å²) < 4.78 is 6.67. The molecule has 2 aliphatic carbocycles. The number of anilines is 3. The molecule has 0 saturated carbocycles. The minimum atomic E-state index is -0.609. The first-order chi connectivity index (χ1) is 35.2. The fraction of sp³-hybridized carbons (Fsp3) is 0.114. The Morgan fingerprint density at radius 3 is 1.74 bits per heavy atom. The number of fused-ring (bicyclic) bond motifs is 9. The lowest BCUT2D eigenvalue weighted by Gasteiger charge is -2.36. The first-order valence-corrected chi connectivity index (χ1v) is 25.4. The zero-order chi connectivity index (χ0) is 48.3. The van der Waals surface area contributed by atoms with Gasteiger partial charge in [-0.05, 0) is 143 Å². The summed E-state index contributed by atoms with van der Waals surface area (Å²) in [7, 11) is 0. The Kier molecular flexibility index (Phi) is 9.29. The third kappa shape index (κ3) is 6.28. The maximum Gasteiger partial charge on any atom is 0.137 e. The van der Waals surface area contributed by atoms with Crippen molar-refractivity contribution in [2.75, 3.05) is 4.90 Å². The summed E-state index contributed by atoms with van der Waals surface area (Å²) in [6.07, 6.45) is 1.11. The second-order valence-corrected chi connectivity index (χ2v) is 21.5. The fourth-order valence-corrected chi connectivity index (χ4v) is 13.4. The van der Waals surface area contributed by atoms with Crippen LogP contribution in [0.15, 0.2) is 241 Å². The fourth-order valence-electron chi connectivity index (χ4n) is 13.4. The van der Waals surface area contributed by atoms with E-state index in [2.05, 4.69) is 263 Å². The van der Waals surface area contributed by atoms with Gasteiger partial charge in [0.25, 0.3) is 0 Å². The van der Waals surface area contributed by atoms with Crippen molar-refractivity contribution in [1.82, 2.24) is 0 Å². The summed E-state index contributed by atoms with van der Waals surface area (Å²) in [5, 5.41) is 6.99. The van der Waals surface area contributed by atoms with E-state index < -0.39 is 5.41 Å². The van der Waals surface area contributed by atoms with E-state index in [1.165, 1.54) is 66.2 Å². The molecule has 0 aliphatic heterocycles. The summed E-state index contributed by atoms with van der Waals surface area (Å²) in [6.45, 7) is 9.76. The lowest BCUT2D eigenvalue weighted by atomic mass is 9.65. The third-order valence-electron chi connectivity index (χ3n) is 16.3. The van der Waals surface area contributed by atoms with Crippen molar-refractivity contribution in [3.63, 3.8) is 0 Å². The molecule has 12 aromatic rings. The highest BCUT2D eigenvalue weighted by atomic mass is 16.3. The van der Waals surface area contributed by atoms with Crippen LogP contribution in [0.25, 0.3) is 76.9 Å². The molecule has 0 N–H and O–H groups in total. The summed E-state index contributed by atoms with van der Waals surface area (Å²) in [5.41, 5.74) is 19.9. The van der Waals surface area contributed by atoms with E-state index in [1.807, 2.05) is 6.07 Å². The molecule has 14 rings (SSSR count). The van der Waals surface area contributed by atoms with E-state index in [9.17, 15) is 0 Å². The van der Waals surface area contributed by atoms with Gasteiger partial charge in [-0.1, -0.05) is 210 Å². The Morgan fingerprint density at radius 1 is 0.361 bits per heavy atom. The van der Waals surface area contributed by atoms with E-state index in [1.54, 1.807) is 0 Å². The maximum atomic E-state index is 6.67. The number of furan rings is 1. The zero-order valence-electron chi connectivity index (χ0n) is 41.1. The van der Waals surface area contributed by atoms with Crippen LogP contribution in [0.4, 0.5) is 17.1 Å². The van der Waals surface area contributed by atoms with Crippen LogP contribution in [0.2, 0.25) is 0 Å². The molecule has 0 fully saturated rings. The van der Waals surface area contributed by atoms with Gasteiger partial charge in [-0.15, -0.1) is 0 Å². The molecule has 2 heteroatoms. The highest BCUT2D eigenvalue weighted by Gasteiger charge is 2.51. The SMILES string of the molecule is CC1(C)CC(C)(C)c2cc3c(cc21)-c1cccc(-c2cc(N(c4ccc5c(c4)oc4ccccc45)c4ccccc4-c4ccc5ccccc5c4)c4ccccc4c2)c1C3(c1ccccc1)c1ccccc1. The first kappa shape index (κ1) is 42.4. The molecule has 72 heavy (non-hydrogen) atoms. The van der Waals surface area contributed by atoms with Crippen LogP contribution in [0.1, 0.15) is 67.5 Å². The molecule has 1 aromatic heterocycles. The van der Waals surface area contributed by atoms with E-state index in [0.717, 1.165) is 67.5 Å². The van der Waals surface area contributed by atoms with Crippen LogP contribution in [0.3, 0.4) is 0 Å². The van der Waals surface area contributed by atoms with Gasteiger partial charge in [-0.25, -0.2) is 0 Å². The lowest BCUT2D eigenvalue weighted by molar-refractivity contribution is 0.403. The van der Waals surface area contributed by atoms with E-state index in [0.29, 0.717) is 0 Å². The lowest BCUT2D eigenvalue weighted by Crippen LogP contribution is -2.29. The standard InChI is InChI=1S/C70H53NO/c1-68(2)44-69(3,4)62-43-60-59(42-61(62)68)58-31-19-30-55(67(58)70(60,50-23-7-5-8-24-50)51-25-9-6-10-26-51)49-39-47-22-13-14-28-54(47)64(40-49)71(52-36-37-57-56-29-16-18-33-65(56)72-66(57)41-52)63-32-17-15-27-53(63)48-35-34-45-20-11-12-21-46(45)38-48/h5-43H,44H2,1-4H3. The van der Waals surface area contributed by atoms with Gasteiger partial charge in [-0.2, -0.15) is 0 Å². The Balaban J connectivity index is 1.07. The van der Waals surface area contributed by atoms with E-state index in [4.69, 9.17) is 4.42 Å². The molecule has 344 valence electrons. The third-order valence-corrected chi connectivity index (χ3v) is 16.3. The molecular weight excluding hydrogens is 871 g/mol. The van der Waals surface area contributed by atoms with Gasteiger partial charge in [-0.3, -0.25) is 0 Å². The molecule has 0 bridgehead atoms. The molecule has 0 spiro atoms. The van der Waals surface area contributed by atoms with Crippen LogP contribution in [-0.2, 0) is 16.2 Å². The number of rotatable bonds is 7. The van der Waals surface area contributed by atoms with Gasteiger partial charge in [0.1, 0.15) is 11.2 Å². The van der Waals surface area contributed by atoms with Gasteiger partial charge in [0.2, 0.25) is 0 Å². The minimum absolute atomic E-state index is 0.0236. The maximum absolute atomic E-state index is 6.67. The van der Waals surface area contributed by atoms with Crippen LogP contribution in [0, 0.1) is 0 Å². The van der Waals surface area contributed by atoms with Crippen molar-refractivity contribution in [2.45, 2.75) is 50.4 Å². The van der Waals surface area contributed by atoms with Crippen molar-refractivity contribution in [1.29, 1.82) is 0 Å². The molecule has 2 aliphatic rings. The van der Waals surface area contributed by atoms with Crippen molar-refractivity contribution in [3.8, 4) is 33.4 Å². The Morgan fingerprint density at radius 2 is 0.958 bits per heavy atom. The molecule has 0 radical (unpaired) electrons. The quantitative estimate of drug-likeness (QED) is 0.158. The van der Waals surface area contributed by atoms with Crippen molar-refractivity contribution in [2.24, 2.45) is 0 Å². The summed E-state index contributed by atoms with van der Waals surface area (Å²) in [5.74, 6) is 0. The number of para-hydroxylation sites is 2. The second-order valence-electron chi connectivity index (χ2n) is 21.5. The Bertz CT molecular complexity index is 4100. The predicted molar refractivity (Wildman–Crippen MR) is 302 cm³/mol. The average molecular weight is 924 g/mol. The highest BCUT2D eigenvalue weighted by Crippen LogP contribution is 2.62. The normalized spacial score (nSPS) is 14.9. The molecule has 0 atom stereocenters. The van der Waals surface area contributed by atoms with Crippen LogP contribution < -0.4 is 4.90 Å². The molecular formula is C70H53NO. The summed E-state index contributed by atoms with van der Waals surface area (Å²) in [4.78, 5) is 2.48. The predicted octanol–water partition coefficient (Wildman–Crippen LogP) is 19.0. The first-order valence-electron chi connectivity index (χ1n) is 25.4. The number of hydrogen-bond donors (Lipinski definition) is 0. The molecule has 0 amide bonds. The average Bonchev–Trinajstić information content (AvgIpc) is 4.01. The minimum Gasteiger partial charge on any atom is -0.456 e. The van der Waals surface area contributed by atoms with Crippen molar-refractivity contribution < 1.29 is 4.42 Å². The van der Waals surface area contributed by atoms with Gasteiger partial charge in [0.05, 0.1) is 16.8 Å². The number of hydrogen-bond acceptors (Lipinski definition) is 2. The molecule has 1 heterocycles.